The van der Waals surface area contributed by atoms with E-state index in [1.165, 1.54) is 12.5 Å². The lowest BCUT2D eigenvalue weighted by Gasteiger charge is -2.18. The predicted octanol–water partition coefficient (Wildman–Crippen LogP) is 2.40. The van der Waals surface area contributed by atoms with Crippen molar-refractivity contribution in [3.63, 3.8) is 0 Å². The Bertz CT molecular complexity index is 1040. The van der Waals surface area contributed by atoms with Crippen molar-refractivity contribution in [3.8, 4) is 0 Å². The molecule has 4 atom stereocenters. The largest absolute Gasteiger partial charge is 0.452 e. The second-order valence-corrected chi connectivity index (χ2v) is 8.04. The fraction of sp³-hybridized carbons (Fsp3) is 0.350. The van der Waals surface area contributed by atoms with Crippen LogP contribution in [0.25, 0.3) is 0 Å². The van der Waals surface area contributed by atoms with Crippen molar-refractivity contribution in [1.82, 2.24) is 14.5 Å². The molecule has 1 aliphatic carbocycles. The zero-order valence-corrected chi connectivity index (χ0v) is 17.4. The van der Waals surface area contributed by atoms with Crippen LogP contribution < -0.4 is 5.32 Å². The zero-order chi connectivity index (χ0) is 21.3. The Morgan fingerprint density at radius 3 is 2.93 bits per heavy atom. The average Bonchev–Trinajstić information content (AvgIpc) is 3.44. The molecule has 0 radical (unpaired) electrons. The van der Waals surface area contributed by atoms with Gasteiger partial charge in [0.05, 0.1) is 24.3 Å². The molecule has 158 valence electrons. The number of aromatic nitrogens is 3. The SMILES string of the molecule is O=C(c1ccn(Cc2ccc(Br)o2)c1)c1cncnc1N[C@@H]1C[C@H](CO)[C@@H](O)[C@@H]1F. The molecule has 0 saturated heterocycles. The maximum absolute atomic E-state index is 14.4. The maximum Gasteiger partial charge on any atom is 0.199 e. The van der Waals surface area contributed by atoms with E-state index in [4.69, 9.17) is 4.42 Å². The number of hydrogen-bond donors (Lipinski definition) is 3. The van der Waals surface area contributed by atoms with E-state index < -0.39 is 24.2 Å². The molecule has 10 heteroatoms. The Kier molecular flexibility index (Phi) is 5.98. The van der Waals surface area contributed by atoms with Gasteiger partial charge in [-0.3, -0.25) is 4.79 Å². The number of carbonyl (C=O) groups is 1. The van der Waals surface area contributed by atoms with Crippen LogP contribution in [0.1, 0.15) is 28.1 Å². The fourth-order valence-electron chi connectivity index (χ4n) is 3.65. The third-order valence-electron chi connectivity index (χ3n) is 5.24. The number of aliphatic hydroxyl groups excluding tert-OH is 2. The third-order valence-corrected chi connectivity index (χ3v) is 5.67. The topological polar surface area (TPSA) is 113 Å². The number of rotatable bonds is 7. The molecule has 1 saturated carbocycles. The first kappa shape index (κ1) is 20.7. The Labute approximate surface area is 179 Å². The van der Waals surface area contributed by atoms with Crippen LogP contribution in [-0.4, -0.2) is 55.5 Å². The zero-order valence-electron chi connectivity index (χ0n) is 15.8. The molecule has 3 aromatic heterocycles. The van der Waals surface area contributed by atoms with Crippen molar-refractivity contribution in [3.05, 3.63) is 64.7 Å². The van der Waals surface area contributed by atoms with Crippen molar-refractivity contribution in [2.75, 3.05) is 11.9 Å². The van der Waals surface area contributed by atoms with Gasteiger partial charge in [0.2, 0.25) is 0 Å². The van der Waals surface area contributed by atoms with E-state index in [0.29, 0.717) is 16.8 Å². The molecule has 0 amide bonds. The summed E-state index contributed by atoms with van der Waals surface area (Å²) in [5.74, 6) is 0.0459. The van der Waals surface area contributed by atoms with Gasteiger partial charge in [0.15, 0.2) is 10.5 Å². The van der Waals surface area contributed by atoms with Gasteiger partial charge in [0, 0.05) is 36.7 Å². The summed E-state index contributed by atoms with van der Waals surface area (Å²) in [5.41, 5.74) is 0.625. The number of alkyl halides is 1. The van der Waals surface area contributed by atoms with E-state index in [1.54, 1.807) is 24.5 Å². The predicted molar refractivity (Wildman–Crippen MR) is 109 cm³/mol. The maximum atomic E-state index is 14.4. The number of anilines is 1. The van der Waals surface area contributed by atoms with Crippen molar-refractivity contribution in [1.29, 1.82) is 0 Å². The average molecular weight is 479 g/mol. The molecule has 8 nitrogen and oxygen atoms in total. The lowest BCUT2D eigenvalue weighted by atomic mass is 10.1. The third kappa shape index (κ3) is 4.16. The van der Waals surface area contributed by atoms with E-state index in [-0.39, 0.29) is 30.2 Å². The highest BCUT2D eigenvalue weighted by Crippen LogP contribution is 2.31. The molecular formula is C20H20BrFN4O4. The molecule has 0 aromatic carbocycles. The minimum atomic E-state index is -1.58. The van der Waals surface area contributed by atoms with Gasteiger partial charge >= 0.3 is 0 Å². The summed E-state index contributed by atoms with van der Waals surface area (Å²) in [5, 5.41) is 22.1. The summed E-state index contributed by atoms with van der Waals surface area (Å²) < 4.78 is 22.3. The van der Waals surface area contributed by atoms with E-state index in [1.807, 2.05) is 10.6 Å². The van der Waals surface area contributed by atoms with Crippen molar-refractivity contribution in [2.24, 2.45) is 5.92 Å². The van der Waals surface area contributed by atoms with Crippen molar-refractivity contribution < 1.29 is 23.8 Å². The molecule has 0 unspecified atom stereocenters. The van der Waals surface area contributed by atoms with E-state index in [0.717, 1.165) is 5.76 Å². The molecule has 30 heavy (non-hydrogen) atoms. The number of nitrogens with one attached hydrogen (secondary N) is 1. The Balaban J connectivity index is 1.51. The molecular weight excluding hydrogens is 459 g/mol. The van der Waals surface area contributed by atoms with E-state index in [9.17, 15) is 19.4 Å². The Morgan fingerprint density at radius 2 is 2.23 bits per heavy atom. The summed E-state index contributed by atoms with van der Waals surface area (Å²) in [6, 6.07) is 4.54. The van der Waals surface area contributed by atoms with Crippen LogP contribution in [0.2, 0.25) is 0 Å². The summed E-state index contributed by atoms with van der Waals surface area (Å²) in [6.45, 7) is 0.149. The number of ketones is 1. The summed E-state index contributed by atoms with van der Waals surface area (Å²) >= 11 is 3.26. The van der Waals surface area contributed by atoms with Gasteiger partial charge in [-0.2, -0.15) is 0 Å². The first-order valence-corrected chi connectivity index (χ1v) is 10.2. The number of aliphatic hydroxyl groups is 2. The van der Waals surface area contributed by atoms with Gasteiger partial charge in [-0.1, -0.05) is 0 Å². The molecule has 1 aliphatic rings. The van der Waals surface area contributed by atoms with Crippen molar-refractivity contribution in [2.45, 2.75) is 31.3 Å². The van der Waals surface area contributed by atoms with Crippen LogP contribution in [0.5, 0.6) is 0 Å². The van der Waals surface area contributed by atoms with E-state index >= 15 is 0 Å². The highest BCUT2D eigenvalue weighted by Gasteiger charge is 2.43. The lowest BCUT2D eigenvalue weighted by molar-refractivity contribution is 0.0444. The van der Waals surface area contributed by atoms with Gasteiger partial charge in [0.25, 0.3) is 0 Å². The van der Waals surface area contributed by atoms with E-state index in [2.05, 4.69) is 31.2 Å². The van der Waals surface area contributed by atoms with Crippen LogP contribution >= 0.6 is 15.9 Å². The lowest BCUT2D eigenvalue weighted by Crippen LogP contribution is -2.32. The number of halogens is 2. The van der Waals surface area contributed by atoms with Gasteiger partial charge in [-0.05, 0) is 40.5 Å². The van der Waals surface area contributed by atoms with Crippen LogP contribution in [-0.2, 0) is 6.54 Å². The van der Waals surface area contributed by atoms with Crippen LogP contribution in [0, 0.1) is 5.92 Å². The van der Waals surface area contributed by atoms with Crippen LogP contribution in [0.4, 0.5) is 10.2 Å². The first-order chi connectivity index (χ1) is 14.5. The molecule has 0 aliphatic heterocycles. The highest BCUT2D eigenvalue weighted by atomic mass is 79.9. The first-order valence-electron chi connectivity index (χ1n) is 9.40. The molecule has 3 heterocycles. The molecule has 4 rings (SSSR count). The molecule has 0 spiro atoms. The van der Waals surface area contributed by atoms with Crippen molar-refractivity contribution >= 4 is 27.5 Å². The Hall–Kier alpha value is -2.56. The second-order valence-electron chi connectivity index (χ2n) is 7.26. The van der Waals surface area contributed by atoms with Crippen LogP contribution in [0.3, 0.4) is 0 Å². The normalized spacial score (nSPS) is 23.6. The Morgan fingerprint density at radius 1 is 1.40 bits per heavy atom. The minimum Gasteiger partial charge on any atom is -0.452 e. The summed E-state index contributed by atoms with van der Waals surface area (Å²) in [7, 11) is 0. The quantitative estimate of drug-likeness (QED) is 0.446. The summed E-state index contributed by atoms with van der Waals surface area (Å²) in [6.07, 6.45) is 3.48. The molecule has 0 bridgehead atoms. The fourth-order valence-corrected chi connectivity index (χ4v) is 3.99. The van der Waals surface area contributed by atoms with Gasteiger partial charge in [-0.25, -0.2) is 14.4 Å². The highest BCUT2D eigenvalue weighted by molar-refractivity contribution is 9.10. The monoisotopic (exact) mass is 478 g/mol. The molecule has 3 N–H and O–H groups in total. The number of furan rings is 1. The number of carbonyl (C=O) groups excluding carboxylic acids is 1. The number of nitrogens with zero attached hydrogens (tertiary/aromatic N) is 3. The molecule has 3 aromatic rings. The molecule has 1 fully saturated rings. The smallest absolute Gasteiger partial charge is 0.199 e. The second kappa shape index (κ2) is 8.66. The van der Waals surface area contributed by atoms with Gasteiger partial charge in [0.1, 0.15) is 24.1 Å². The summed E-state index contributed by atoms with van der Waals surface area (Å²) in [4.78, 5) is 21.1. The minimum absolute atomic E-state index is 0.191. The van der Waals surface area contributed by atoms with Crippen LogP contribution in [0.15, 0.2) is 52.2 Å². The number of hydrogen-bond acceptors (Lipinski definition) is 7. The standard InChI is InChI=1S/C20H20BrFN4O4/c21-16-2-1-13(30-16)8-26-4-3-11(7-26)18(28)14-6-23-10-24-20(14)25-15-5-12(9-27)19(29)17(15)22/h1-4,6-7,10,12,15,17,19,27,29H,5,8-9H2,(H,23,24,25)/t12-,15-,17-,19-/m1/s1. The van der Waals surface area contributed by atoms with Gasteiger partial charge < -0.3 is 24.5 Å². The van der Waals surface area contributed by atoms with Gasteiger partial charge in [-0.15, -0.1) is 0 Å².